The molecule has 2 saturated heterocycles. The van der Waals surface area contributed by atoms with E-state index in [1.807, 2.05) is 57.7 Å². The first-order chi connectivity index (χ1) is 25.0. The molecule has 9 heteroatoms. The van der Waals surface area contributed by atoms with E-state index in [-0.39, 0.29) is 46.9 Å². The second-order valence-corrected chi connectivity index (χ2v) is 17.5. The maximum absolute atomic E-state index is 15.3. The van der Waals surface area contributed by atoms with Crippen molar-refractivity contribution in [3.8, 4) is 17.2 Å². The Bertz CT molecular complexity index is 1850. The quantitative estimate of drug-likeness (QED) is 0.202. The molecular weight excluding hydrogens is 670 g/mol. The summed E-state index contributed by atoms with van der Waals surface area (Å²) in [6, 6.07) is 0. The van der Waals surface area contributed by atoms with E-state index in [9.17, 15) is 14.7 Å². The Morgan fingerprint density at radius 1 is 0.981 bits per heavy atom. The fraction of sp³-hybridized carbons (Fsp3) is 0.614. The molecule has 1 N–H and O–H groups in total. The lowest BCUT2D eigenvalue weighted by Gasteiger charge is -2.62. The average Bonchev–Trinajstić information content (AvgIpc) is 3.25. The van der Waals surface area contributed by atoms with Gasteiger partial charge in [0.15, 0.2) is 22.8 Å². The van der Waals surface area contributed by atoms with Crippen molar-refractivity contribution in [1.82, 2.24) is 4.90 Å². The van der Waals surface area contributed by atoms with Crippen LogP contribution in [0.4, 0.5) is 0 Å². The van der Waals surface area contributed by atoms with Crippen molar-refractivity contribution in [2.24, 2.45) is 17.8 Å². The third kappa shape index (κ3) is 5.66. The highest BCUT2D eigenvalue weighted by Crippen LogP contribution is 2.70. The van der Waals surface area contributed by atoms with Gasteiger partial charge in [-0.15, -0.1) is 0 Å². The zero-order chi connectivity index (χ0) is 38.2. The van der Waals surface area contributed by atoms with Crippen LogP contribution in [0.5, 0.6) is 17.2 Å². The van der Waals surface area contributed by atoms with Gasteiger partial charge < -0.3 is 29.0 Å². The van der Waals surface area contributed by atoms with Crippen LogP contribution in [0.15, 0.2) is 41.0 Å². The first kappa shape index (κ1) is 37.6. The third-order valence-electron chi connectivity index (χ3n) is 12.9. The van der Waals surface area contributed by atoms with E-state index in [0.717, 1.165) is 31.3 Å². The summed E-state index contributed by atoms with van der Waals surface area (Å²) in [4.78, 5) is 45.8. The van der Waals surface area contributed by atoms with Crippen molar-refractivity contribution >= 4 is 23.5 Å². The van der Waals surface area contributed by atoms with E-state index >= 15 is 4.79 Å². The predicted octanol–water partition coefficient (Wildman–Crippen LogP) is 7.87. The second-order valence-electron chi connectivity index (χ2n) is 17.5. The number of hydrogen-bond donors (Lipinski definition) is 1. The van der Waals surface area contributed by atoms with Crippen LogP contribution < -0.4 is 9.47 Å². The van der Waals surface area contributed by atoms with Gasteiger partial charge in [-0.25, -0.2) is 0 Å². The minimum atomic E-state index is -1.57. The number of hydrogen-bond acceptors (Lipinski definition) is 8. The fourth-order valence-corrected chi connectivity index (χ4v) is 10.4. The van der Waals surface area contributed by atoms with Crippen molar-refractivity contribution in [2.75, 3.05) is 20.2 Å². The van der Waals surface area contributed by atoms with Crippen LogP contribution in [0, 0.1) is 17.8 Å². The molecule has 7 aliphatic rings. The summed E-state index contributed by atoms with van der Waals surface area (Å²) in [7, 11) is 1.54. The Labute approximate surface area is 314 Å². The van der Waals surface area contributed by atoms with Gasteiger partial charge in [0.1, 0.15) is 28.4 Å². The lowest BCUT2D eigenvalue weighted by atomic mass is 9.45. The smallest absolute Gasteiger partial charge is 0.249 e. The molecule has 1 aromatic carbocycles. The van der Waals surface area contributed by atoms with Crippen molar-refractivity contribution in [3.05, 3.63) is 57.7 Å². The number of likely N-dealkylation sites (tertiary alicyclic amines) is 1. The summed E-state index contributed by atoms with van der Waals surface area (Å²) in [6.45, 7) is 17.4. The van der Waals surface area contributed by atoms with Gasteiger partial charge in [0.25, 0.3) is 0 Å². The second kappa shape index (κ2) is 13.3. The Kier molecular flexibility index (Phi) is 9.41. The van der Waals surface area contributed by atoms with E-state index in [1.54, 1.807) is 6.92 Å². The van der Waals surface area contributed by atoms with Gasteiger partial charge in [-0.1, -0.05) is 29.4 Å². The molecule has 5 fully saturated rings. The highest BCUT2D eigenvalue weighted by atomic mass is 16.6. The maximum Gasteiger partial charge on any atom is 0.249 e. The highest BCUT2D eigenvalue weighted by Gasteiger charge is 2.85. The number of carbonyl (C=O) groups is 3. The molecule has 8 rings (SSSR count). The molecule has 4 bridgehead atoms. The molecule has 4 heterocycles. The van der Waals surface area contributed by atoms with Gasteiger partial charge in [0, 0.05) is 49.6 Å². The lowest BCUT2D eigenvalue weighted by Crippen LogP contribution is -2.80. The molecule has 0 radical (unpaired) electrons. The maximum atomic E-state index is 15.3. The highest BCUT2D eigenvalue weighted by molar-refractivity contribution is 6.10. The molecule has 9 nitrogen and oxygen atoms in total. The van der Waals surface area contributed by atoms with Crippen molar-refractivity contribution < 1.29 is 38.4 Å². The molecule has 3 saturated carbocycles. The number of benzene rings is 1. The van der Waals surface area contributed by atoms with Gasteiger partial charge in [0.05, 0.1) is 23.2 Å². The summed E-state index contributed by atoms with van der Waals surface area (Å²) in [6.07, 6.45) is 14.6. The number of ether oxygens (including phenoxy) is 4. The molecule has 7 unspecified atom stereocenters. The zero-order valence-corrected chi connectivity index (χ0v) is 33.0. The zero-order valence-electron chi connectivity index (χ0n) is 33.0. The Hall–Kier alpha value is -3.69. The number of ketones is 2. The summed E-state index contributed by atoms with van der Waals surface area (Å²) in [5.74, 6) is -1.90. The van der Waals surface area contributed by atoms with Crippen LogP contribution in [-0.2, 0) is 25.5 Å². The van der Waals surface area contributed by atoms with E-state index in [1.165, 1.54) is 12.7 Å². The minimum absolute atomic E-state index is 0.0449. The summed E-state index contributed by atoms with van der Waals surface area (Å²) in [5.41, 5.74) is -0.512. The van der Waals surface area contributed by atoms with Crippen LogP contribution in [0.3, 0.4) is 0 Å². The standard InChI is InChI=1S/C44H57NO8/c1-25(2)14-13-19-42(8)20-18-28-34(46)32-35(47)33-38(50-9)30-24-31-41(6,7)53-43(39(30)48,21-17-27(5)40(49)45-22-11-10-12-23-45)44(31,33)52-37(32)29(36(28)51-42)16-15-26(3)4/h14-15,17-18,20,30-31,33,38,46H,10-13,16,19,21-24H2,1-9H3. The molecule has 3 aliphatic carbocycles. The molecule has 286 valence electrons. The molecule has 53 heavy (non-hydrogen) atoms. The molecule has 1 spiro atoms. The summed E-state index contributed by atoms with van der Waals surface area (Å²) >= 11 is 0. The van der Waals surface area contributed by atoms with E-state index in [2.05, 4.69) is 26.0 Å². The van der Waals surface area contributed by atoms with E-state index in [4.69, 9.17) is 18.9 Å². The number of amides is 1. The number of aromatic hydroxyl groups is 1. The number of phenols is 1. The number of piperidine rings is 1. The predicted molar refractivity (Wildman–Crippen MR) is 203 cm³/mol. The fourth-order valence-electron chi connectivity index (χ4n) is 10.4. The van der Waals surface area contributed by atoms with Gasteiger partial charge >= 0.3 is 0 Å². The van der Waals surface area contributed by atoms with E-state index in [0.29, 0.717) is 54.8 Å². The number of phenolic OH excluding ortho intramolecular Hbond substituents is 1. The SMILES string of the molecule is COC1C2CC3C(C)(C)OC(CC=C(C)C(=O)N4CCCCC4)(C2=O)C32Oc3c(CC=C(C)C)c4c(c(O)c3C(=O)C12)C=CC(C)(CCC=C(C)C)O4. The topological polar surface area (TPSA) is 112 Å². The van der Waals surface area contributed by atoms with Crippen molar-refractivity contribution in [1.29, 1.82) is 0 Å². The van der Waals surface area contributed by atoms with Crippen LogP contribution >= 0.6 is 0 Å². The number of nitrogens with zero attached hydrogens (tertiary/aromatic N) is 1. The molecule has 4 aliphatic heterocycles. The molecule has 7 atom stereocenters. The average molecular weight is 728 g/mol. The van der Waals surface area contributed by atoms with Crippen molar-refractivity contribution in [3.63, 3.8) is 0 Å². The van der Waals surface area contributed by atoms with E-state index < -0.39 is 40.3 Å². The number of fused-ring (bicyclic) bond motifs is 2. The summed E-state index contributed by atoms with van der Waals surface area (Å²) in [5, 5.41) is 12.1. The monoisotopic (exact) mass is 727 g/mol. The van der Waals surface area contributed by atoms with Gasteiger partial charge in [-0.3, -0.25) is 14.4 Å². The molecular formula is C44H57NO8. The first-order valence-corrected chi connectivity index (χ1v) is 19.5. The largest absolute Gasteiger partial charge is 0.506 e. The number of carbonyl (C=O) groups excluding carboxylic acids is 3. The first-order valence-electron chi connectivity index (χ1n) is 19.5. The number of rotatable bonds is 9. The lowest BCUT2D eigenvalue weighted by molar-refractivity contribution is -0.224. The molecule has 1 amide bonds. The van der Waals surface area contributed by atoms with Crippen molar-refractivity contribution in [2.45, 2.75) is 135 Å². The Morgan fingerprint density at radius 3 is 2.34 bits per heavy atom. The Morgan fingerprint density at radius 2 is 1.68 bits per heavy atom. The normalized spacial score (nSPS) is 33.4. The minimum Gasteiger partial charge on any atom is -0.506 e. The van der Waals surface area contributed by atoms with Crippen LogP contribution in [0.25, 0.3) is 6.08 Å². The molecule has 0 aromatic heterocycles. The molecule has 1 aromatic rings. The van der Waals surface area contributed by atoms with Gasteiger partial charge in [-0.2, -0.15) is 0 Å². The number of methoxy groups -OCH3 is 1. The number of Topliss-reactive ketones (excluding diaryl/α,β-unsaturated/α-hetero) is 2. The van der Waals surface area contributed by atoms with Gasteiger partial charge in [-0.05, 0) is 112 Å². The Balaban J connectivity index is 1.41. The number of allylic oxidation sites excluding steroid dienone is 4. The third-order valence-corrected chi connectivity index (χ3v) is 12.9. The van der Waals surface area contributed by atoms with Crippen LogP contribution in [-0.4, -0.2) is 76.2 Å². The van der Waals surface area contributed by atoms with Crippen LogP contribution in [0.1, 0.15) is 122 Å². The van der Waals surface area contributed by atoms with Crippen LogP contribution in [0.2, 0.25) is 0 Å². The summed E-state index contributed by atoms with van der Waals surface area (Å²) < 4.78 is 27.4. The van der Waals surface area contributed by atoms with Gasteiger partial charge in [0.2, 0.25) is 5.91 Å².